The summed E-state index contributed by atoms with van der Waals surface area (Å²) in [5.74, 6) is -0.472. The maximum absolute atomic E-state index is 13.0. The summed E-state index contributed by atoms with van der Waals surface area (Å²) in [6.07, 6.45) is -4.65. The molecule has 2 amide bonds. The van der Waals surface area contributed by atoms with E-state index in [4.69, 9.17) is 16.3 Å². The number of alkyl halides is 3. The molecule has 0 spiro atoms. The Hall–Kier alpha value is -3.92. The lowest BCUT2D eigenvalue weighted by molar-refractivity contribution is -0.137. The molecule has 7 nitrogen and oxygen atoms in total. The van der Waals surface area contributed by atoms with Gasteiger partial charge in [-0.3, -0.25) is 0 Å². The van der Waals surface area contributed by atoms with Crippen LogP contribution in [-0.4, -0.2) is 18.6 Å². The minimum atomic E-state index is -4.65. The van der Waals surface area contributed by atoms with Gasteiger partial charge in [0.1, 0.15) is 0 Å². The second kappa shape index (κ2) is 10.8. The molecule has 0 aromatic heterocycles. The van der Waals surface area contributed by atoms with Gasteiger partial charge in [0.05, 0.1) is 34.1 Å². The van der Waals surface area contributed by atoms with Crippen molar-refractivity contribution in [1.29, 1.82) is 0 Å². The third-order valence-electron chi connectivity index (χ3n) is 4.27. The highest BCUT2D eigenvalue weighted by molar-refractivity contribution is 6.31. The topological polar surface area (TPSA) is 92.2 Å². The summed E-state index contributed by atoms with van der Waals surface area (Å²) < 4.78 is 43.9. The first kappa shape index (κ1) is 24.7. The number of carbonyl (C=O) groups excluding carboxylic acids is 2. The van der Waals surface area contributed by atoms with Crippen LogP contribution in [0.2, 0.25) is 5.02 Å². The largest absolute Gasteiger partial charge is 0.462 e. The normalized spacial score (nSPS) is 11.3. The molecule has 34 heavy (non-hydrogen) atoms. The van der Waals surface area contributed by atoms with Crippen molar-refractivity contribution in [3.8, 4) is 0 Å². The summed E-state index contributed by atoms with van der Waals surface area (Å²) in [6, 6.07) is 15.1. The van der Waals surface area contributed by atoms with Gasteiger partial charge in [0.15, 0.2) is 0 Å². The molecule has 2 N–H and O–H groups in total. The molecule has 0 saturated heterocycles. The van der Waals surface area contributed by atoms with E-state index >= 15 is 0 Å². The standard InChI is InChI=1S/C23H18ClF3N4O3/c1-2-34-21(32)14-5-3-7-17(11-14)30-31-18-8-4-6-15(12-18)28-22(33)29-16-9-10-20(24)19(13-16)23(25,26)27/h3-13H,2H2,1H3,(H2,28,29,33). The summed E-state index contributed by atoms with van der Waals surface area (Å²) in [4.78, 5) is 24.1. The number of nitrogens with zero attached hydrogens (tertiary/aromatic N) is 2. The molecule has 0 aliphatic heterocycles. The van der Waals surface area contributed by atoms with Gasteiger partial charge >= 0.3 is 18.2 Å². The quantitative estimate of drug-likeness (QED) is 0.275. The molecule has 3 aromatic rings. The van der Waals surface area contributed by atoms with E-state index in [1.807, 2.05) is 0 Å². The van der Waals surface area contributed by atoms with Crippen LogP contribution in [0.25, 0.3) is 0 Å². The maximum atomic E-state index is 13.0. The molecule has 3 aromatic carbocycles. The molecule has 11 heteroatoms. The van der Waals surface area contributed by atoms with E-state index in [1.54, 1.807) is 43.3 Å². The number of ether oxygens (including phenoxy) is 1. The summed E-state index contributed by atoms with van der Waals surface area (Å²) in [6.45, 7) is 1.96. The first-order valence-corrected chi connectivity index (χ1v) is 10.3. The van der Waals surface area contributed by atoms with Crippen molar-refractivity contribution in [2.24, 2.45) is 10.2 Å². The van der Waals surface area contributed by atoms with Crippen LogP contribution < -0.4 is 10.6 Å². The van der Waals surface area contributed by atoms with E-state index < -0.39 is 28.8 Å². The number of nitrogens with one attached hydrogen (secondary N) is 2. The molecule has 0 heterocycles. The molecule has 176 valence electrons. The second-order valence-electron chi connectivity index (χ2n) is 6.79. The molecule has 0 bridgehead atoms. The number of esters is 1. The fourth-order valence-electron chi connectivity index (χ4n) is 2.78. The highest BCUT2D eigenvalue weighted by Gasteiger charge is 2.33. The van der Waals surface area contributed by atoms with Crippen LogP contribution in [0.1, 0.15) is 22.8 Å². The number of rotatable bonds is 6. The predicted molar refractivity (Wildman–Crippen MR) is 122 cm³/mol. The average Bonchev–Trinajstić information content (AvgIpc) is 2.79. The highest BCUT2D eigenvalue weighted by atomic mass is 35.5. The van der Waals surface area contributed by atoms with E-state index in [0.29, 0.717) is 22.6 Å². The van der Waals surface area contributed by atoms with E-state index in [-0.39, 0.29) is 12.3 Å². The Kier molecular flexibility index (Phi) is 7.85. The Labute approximate surface area is 197 Å². The van der Waals surface area contributed by atoms with Gasteiger partial charge in [-0.25, -0.2) is 9.59 Å². The smallest absolute Gasteiger partial charge is 0.417 e. The fraction of sp³-hybridized carbons (Fsp3) is 0.130. The number of anilines is 2. The van der Waals surface area contributed by atoms with Gasteiger partial charge < -0.3 is 15.4 Å². The van der Waals surface area contributed by atoms with Gasteiger partial charge in [-0.2, -0.15) is 23.4 Å². The van der Waals surface area contributed by atoms with Crippen molar-refractivity contribution in [3.05, 3.63) is 82.9 Å². The lowest BCUT2D eigenvalue weighted by Gasteiger charge is -2.12. The molecule has 0 radical (unpaired) electrons. The highest BCUT2D eigenvalue weighted by Crippen LogP contribution is 2.36. The van der Waals surface area contributed by atoms with Crippen molar-refractivity contribution in [2.75, 3.05) is 17.2 Å². The molecule has 0 aliphatic rings. The Bertz CT molecular complexity index is 1230. The Morgan fingerprint density at radius 1 is 0.912 bits per heavy atom. The van der Waals surface area contributed by atoms with E-state index in [1.165, 1.54) is 18.2 Å². The van der Waals surface area contributed by atoms with Crippen LogP contribution >= 0.6 is 11.6 Å². The van der Waals surface area contributed by atoms with E-state index in [0.717, 1.165) is 12.1 Å². The number of halogens is 4. The van der Waals surface area contributed by atoms with Crippen LogP contribution in [0.3, 0.4) is 0 Å². The van der Waals surface area contributed by atoms with Gasteiger partial charge in [0.2, 0.25) is 0 Å². The van der Waals surface area contributed by atoms with E-state index in [2.05, 4.69) is 20.9 Å². The van der Waals surface area contributed by atoms with Gasteiger partial charge in [0, 0.05) is 11.4 Å². The molecule has 0 aliphatic carbocycles. The second-order valence-corrected chi connectivity index (χ2v) is 7.20. The van der Waals surface area contributed by atoms with Crippen molar-refractivity contribution in [3.63, 3.8) is 0 Å². The molecule has 3 rings (SSSR count). The van der Waals surface area contributed by atoms with Crippen LogP contribution in [0, 0.1) is 0 Å². The Morgan fingerprint density at radius 2 is 1.53 bits per heavy atom. The lowest BCUT2D eigenvalue weighted by Crippen LogP contribution is -2.19. The Morgan fingerprint density at radius 3 is 2.18 bits per heavy atom. The number of urea groups is 1. The van der Waals surface area contributed by atoms with Crippen molar-refractivity contribution in [1.82, 2.24) is 0 Å². The number of hydrogen-bond acceptors (Lipinski definition) is 5. The summed E-state index contributed by atoms with van der Waals surface area (Å²) in [5.41, 5.74) is 0.350. The summed E-state index contributed by atoms with van der Waals surface area (Å²) >= 11 is 5.59. The molecule has 0 saturated carbocycles. The third-order valence-corrected chi connectivity index (χ3v) is 4.60. The zero-order chi connectivity index (χ0) is 24.7. The first-order chi connectivity index (χ1) is 16.2. The van der Waals surface area contributed by atoms with E-state index in [9.17, 15) is 22.8 Å². The van der Waals surface area contributed by atoms with Crippen molar-refractivity contribution < 1.29 is 27.5 Å². The molecular formula is C23H18ClF3N4O3. The maximum Gasteiger partial charge on any atom is 0.417 e. The average molecular weight is 491 g/mol. The van der Waals surface area contributed by atoms with Gasteiger partial charge in [-0.05, 0) is 61.5 Å². The zero-order valence-corrected chi connectivity index (χ0v) is 18.4. The van der Waals surface area contributed by atoms with Gasteiger partial charge in [0.25, 0.3) is 0 Å². The van der Waals surface area contributed by atoms with Crippen LogP contribution in [-0.2, 0) is 10.9 Å². The molecule has 0 atom stereocenters. The number of carbonyl (C=O) groups is 2. The van der Waals surface area contributed by atoms with Crippen LogP contribution in [0.4, 0.5) is 40.7 Å². The van der Waals surface area contributed by atoms with Crippen molar-refractivity contribution >= 4 is 46.4 Å². The zero-order valence-electron chi connectivity index (χ0n) is 17.7. The first-order valence-electron chi connectivity index (χ1n) is 9.89. The predicted octanol–water partition coefficient (Wildman–Crippen LogP) is 7.59. The number of hydrogen-bond donors (Lipinski definition) is 2. The molecular weight excluding hydrogens is 473 g/mol. The minimum absolute atomic E-state index is 0.0773. The molecule has 0 fully saturated rings. The van der Waals surface area contributed by atoms with Crippen molar-refractivity contribution in [2.45, 2.75) is 13.1 Å². The lowest BCUT2D eigenvalue weighted by atomic mass is 10.2. The monoisotopic (exact) mass is 490 g/mol. The van der Waals surface area contributed by atoms with Gasteiger partial charge in [-0.15, -0.1) is 0 Å². The van der Waals surface area contributed by atoms with Crippen LogP contribution in [0.5, 0.6) is 0 Å². The summed E-state index contributed by atoms with van der Waals surface area (Å²) in [7, 11) is 0. The molecule has 0 unspecified atom stereocenters. The SMILES string of the molecule is CCOC(=O)c1cccc(N=Nc2cccc(NC(=O)Nc3ccc(Cl)c(C(F)(F)F)c3)c2)c1. The number of amides is 2. The van der Waals surface area contributed by atoms with Gasteiger partial charge in [-0.1, -0.05) is 23.7 Å². The fourth-order valence-corrected chi connectivity index (χ4v) is 3.01. The minimum Gasteiger partial charge on any atom is -0.462 e. The number of benzene rings is 3. The summed E-state index contributed by atoms with van der Waals surface area (Å²) in [5, 5.41) is 12.5. The van der Waals surface area contributed by atoms with Crippen LogP contribution in [0.15, 0.2) is 77.0 Å². The Balaban J connectivity index is 1.68. The third kappa shape index (κ3) is 6.79. The number of azo groups is 1.